The van der Waals surface area contributed by atoms with Crippen LogP contribution in [0.1, 0.15) is 30.3 Å². The molecule has 1 saturated heterocycles. The summed E-state index contributed by atoms with van der Waals surface area (Å²) in [5.41, 5.74) is 1.67. The van der Waals surface area contributed by atoms with Gasteiger partial charge in [-0.15, -0.1) is 21.5 Å². The monoisotopic (exact) mass is 393 g/mol. The third-order valence-corrected chi connectivity index (χ3v) is 6.07. The number of likely N-dealkylation sites (tertiary alicyclic amines) is 1. The molecule has 8 heteroatoms. The molecule has 0 radical (unpaired) electrons. The molecule has 4 aromatic rings. The Kier molecular flexibility index (Phi) is 4.40. The number of aromatic nitrogens is 4. The minimum atomic E-state index is 0.126. The highest BCUT2D eigenvalue weighted by Gasteiger charge is 2.27. The maximum Gasteiger partial charge on any atom is 0.228 e. The summed E-state index contributed by atoms with van der Waals surface area (Å²) >= 11 is 1.50. The number of hydrogen-bond acceptors (Lipinski definition) is 6. The summed E-state index contributed by atoms with van der Waals surface area (Å²) in [6.45, 7) is 1.47. The Hall–Kier alpha value is -3.00. The van der Waals surface area contributed by atoms with Crippen LogP contribution in [0.2, 0.25) is 0 Å². The molecule has 28 heavy (non-hydrogen) atoms. The lowest BCUT2D eigenvalue weighted by Gasteiger charge is -2.31. The first-order valence-corrected chi connectivity index (χ1v) is 10.2. The Morgan fingerprint density at radius 2 is 2.07 bits per heavy atom. The van der Waals surface area contributed by atoms with Gasteiger partial charge >= 0.3 is 0 Å². The number of thiazole rings is 1. The van der Waals surface area contributed by atoms with Gasteiger partial charge in [0.1, 0.15) is 5.82 Å². The minimum Gasteiger partial charge on any atom is -0.462 e. The van der Waals surface area contributed by atoms with Crippen molar-refractivity contribution in [2.24, 2.45) is 0 Å². The summed E-state index contributed by atoms with van der Waals surface area (Å²) in [6, 6.07) is 9.63. The summed E-state index contributed by atoms with van der Waals surface area (Å²) < 4.78 is 7.42. The predicted molar refractivity (Wildman–Crippen MR) is 105 cm³/mol. The summed E-state index contributed by atoms with van der Waals surface area (Å²) in [5.74, 6) is 2.18. The smallest absolute Gasteiger partial charge is 0.228 e. The van der Waals surface area contributed by atoms with Crippen molar-refractivity contribution >= 4 is 22.9 Å². The van der Waals surface area contributed by atoms with E-state index in [-0.39, 0.29) is 5.91 Å². The predicted octanol–water partition coefficient (Wildman–Crippen LogP) is 3.39. The molecule has 0 unspecified atom stereocenters. The molecule has 0 spiro atoms. The van der Waals surface area contributed by atoms with Gasteiger partial charge in [0.15, 0.2) is 16.4 Å². The molecule has 1 fully saturated rings. The molecule has 0 atom stereocenters. The van der Waals surface area contributed by atoms with Crippen molar-refractivity contribution in [1.29, 1.82) is 0 Å². The normalized spacial score (nSPS) is 15.4. The fourth-order valence-electron chi connectivity index (χ4n) is 3.69. The van der Waals surface area contributed by atoms with Crippen molar-refractivity contribution in [2.45, 2.75) is 25.2 Å². The molecule has 142 valence electrons. The zero-order valence-electron chi connectivity index (χ0n) is 15.2. The Morgan fingerprint density at radius 3 is 2.89 bits per heavy atom. The van der Waals surface area contributed by atoms with Crippen LogP contribution >= 0.6 is 11.3 Å². The number of carbonyl (C=O) groups excluding carboxylic acids is 1. The van der Waals surface area contributed by atoms with Crippen molar-refractivity contribution in [2.75, 3.05) is 13.1 Å². The molecule has 5 rings (SSSR count). The zero-order valence-corrected chi connectivity index (χ0v) is 16.0. The number of furan rings is 1. The van der Waals surface area contributed by atoms with E-state index in [2.05, 4.69) is 15.2 Å². The molecule has 0 bridgehead atoms. The van der Waals surface area contributed by atoms with Gasteiger partial charge in [0.2, 0.25) is 5.91 Å². The lowest BCUT2D eigenvalue weighted by Crippen LogP contribution is -2.39. The number of hydrogen-bond donors (Lipinski definition) is 0. The highest BCUT2D eigenvalue weighted by atomic mass is 32.1. The van der Waals surface area contributed by atoms with Gasteiger partial charge in [-0.05, 0) is 37.1 Å². The van der Waals surface area contributed by atoms with Crippen molar-refractivity contribution in [3.05, 3.63) is 59.7 Å². The topological polar surface area (TPSA) is 76.5 Å². The second-order valence-electron chi connectivity index (χ2n) is 6.94. The standard InChI is InChI=1S/C20H19N5O2S/c26-18(12-15-13-28-20(21-15)16-4-3-11-27-16)24-9-6-14(7-10-24)19-23-22-17-5-1-2-8-25(17)19/h1-5,8,11,13-14H,6-7,9-10,12H2. The van der Waals surface area contributed by atoms with Crippen LogP contribution < -0.4 is 0 Å². The molecule has 4 aromatic heterocycles. The van der Waals surface area contributed by atoms with Crippen LogP contribution in [0.15, 0.2) is 52.6 Å². The number of amides is 1. The van der Waals surface area contributed by atoms with Crippen LogP contribution in [0.5, 0.6) is 0 Å². The van der Waals surface area contributed by atoms with Crippen molar-refractivity contribution in [1.82, 2.24) is 24.5 Å². The molecular formula is C20H19N5O2S. The van der Waals surface area contributed by atoms with E-state index in [0.717, 1.165) is 53.9 Å². The van der Waals surface area contributed by atoms with Crippen molar-refractivity contribution in [3.8, 4) is 10.8 Å². The lowest BCUT2D eigenvalue weighted by atomic mass is 9.95. The molecule has 1 amide bonds. The molecule has 7 nitrogen and oxygen atoms in total. The first-order valence-electron chi connectivity index (χ1n) is 9.33. The highest BCUT2D eigenvalue weighted by Crippen LogP contribution is 2.28. The van der Waals surface area contributed by atoms with E-state index in [9.17, 15) is 4.79 Å². The van der Waals surface area contributed by atoms with Gasteiger partial charge in [-0.25, -0.2) is 4.98 Å². The Balaban J connectivity index is 1.21. The summed E-state index contributed by atoms with van der Waals surface area (Å²) in [7, 11) is 0. The average molecular weight is 393 g/mol. The Morgan fingerprint density at radius 1 is 1.18 bits per heavy atom. The Bertz CT molecular complexity index is 1090. The fourth-order valence-corrected chi connectivity index (χ4v) is 4.48. The third kappa shape index (κ3) is 3.20. The molecule has 1 aliphatic heterocycles. The van der Waals surface area contributed by atoms with E-state index in [1.807, 2.05) is 51.2 Å². The van der Waals surface area contributed by atoms with Crippen LogP contribution in [-0.2, 0) is 11.2 Å². The second-order valence-corrected chi connectivity index (χ2v) is 7.80. The van der Waals surface area contributed by atoms with Gasteiger partial charge < -0.3 is 9.32 Å². The summed E-state index contributed by atoms with van der Waals surface area (Å²) in [6.07, 6.45) is 5.76. The highest BCUT2D eigenvalue weighted by molar-refractivity contribution is 7.13. The third-order valence-electron chi connectivity index (χ3n) is 5.17. The van der Waals surface area contributed by atoms with Crippen LogP contribution in [0, 0.1) is 0 Å². The van der Waals surface area contributed by atoms with Gasteiger partial charge in [0.05, 0.1) is 18.4 Å². The Labute approximate surface area is 165 Å². The molecular weight excluding hydrogens is 374 g/mol. The molecule has 0 aliphatic carbocycles. The second kappa shape index (κ2) is 7.20. The number of carbonyl (C=O) groups is 1. The lowest BCUT2D eigenvalue weighted by molar-refractivity contribution is -0.131. The van der Waals surface area contributed by atoms with Crippen LogP contribution in [0.4, 0.5) is 0 Å². The van der Waals surface area contributed by atoms with Crippen molar-refractivity contribution < 1.29 is 9.21 Å². The number of pyridine rings is 1. The maximum atomic E-state index is 12.7. The average Bonchev–Trinajstić information content (AvgIpc) is 3.48. The van der Waals surface area contributed by atoms with Gasteiger partial charge in [-0.3, -0.25) is 9.20 Å². The first kappa shape index (κ1) is 17.1. The van der Waals surface area contributed by atoms with E-state index < -0.39 is 0 Å². The van der Waals surface area contributed by atoms with Gasteiger partial charge in [0, 0.05) is 30.6 Å². The van der Waals surface area contributed by atoms with Gasteiger partial charge in [-0.1, -0.05) is 6.07 Å². The maximum absolute atomic E-state index is 12.7. The van der Waals surface area contributed by atoms with E-state index in [1.165, 1.54) is 11.3 Å². The van der Waals surface area contributed by atoms with Crippen LogP contribution in [0.3, 0.4) is 0 Å². The van der Waals surface area contributed by atoms with Crippen molar-refractivity contribution in [3.63, 3.8) is 0 Å². The molecule has 1 aliphatic rings. The van der Waals surface area contributed by atoms with Gasteiger partial charge in [-0.2, -0.15) is 0 Å². The SMILES string of the molecule is O=C(Cc1csc(-c2ccco2)n1)N1CCC(c2nnc3ccccn23)CC1. The van der Waals surface area contributed by atoms with E-state index in [1.54, 1.807) is 6.26 Å². The van der Waals surface area contributed by atoms with E-state index >= 15 is 0 Å². The summed E-state index contributed by atoms with van der Waals surface area (Å²) in [5, 5.41) is 11.4. The van der Waals surface area contributed by atoms with Gasteiger partial charge in [0.25, 0.3) is 0 Å². The van der Waals surface area contributed by atoms with E-state index in [4.69, 9.17) is 4.42 Å². The number of nitrogens with zero attached hydrogens (tertiary/aromatic N) is 5. The molecule has 0 aromatic carbocycles. The first-order chi connectivity index (χ1) is 13.8. The largest absolute Gasteiger partial charge is 0.462 e. The van der Waals surface area contributed by atoms with Crippen LogP contribution in [0.25, 0.3) is 16.4 Å². The summed E-state index contributed by atoms with van der Waals surface area (Å²) in [4.78, 5) is 19.2. The number of fused-ring (bicyclic) bond motifs is 1. The molecule has 5 heterocycles. The number of piperidine rings is 1. The quantitative estimate of drug-likeness (QED) is 0.531. The van der Waals surface area contributed by atoms with E-state index in [0.29, 0.717) is 12.3 Å². The van der Waals surface area contributed by atoms with Crippen LogP contribution in [-0.4, -0.2) is 43.5 Å². The number of rotatable bonds is 4. The fraction of sp³-hybridized carbons (Fsp3) is 0.300. The molecule has 0 saturated carbocycles. The molecule has 0 N–H and O–H groups in total. The minimum absolute atomic E-state index is 0.126. The zero-order chi connectivity index (χ0) is 18.9.